The normalized spacial score (nSPS) is 10.3. The van der Waals surface area contributed by atoms with Gasteiger partial charge in [-0.15, -0.1) is 0 Å². The van der Waals surface area contributed by atoms with E-state index in [-0.39, 0.29) is 0 Å². The van der Waals surface area contributed by atoms with E-state index in [2.05, 4.69) is 66.2 Å². The summed E-state index contributed by atoms with van der Waals surface area (Å²) in [6, 6.07) is 26.1. The van der Waals surface area contributed by atoms with Gasteiger partial charge in [0.1, 0.15) is 5.75 Å². The molecule has 29 heavy (non-hydrogen) atoms. The number of ether oxygens (including phenoxy) is 1. The number of para-hydroxylation sites is 1. The lowest BCUT2D eigenvalue weighted by Gasteiger charge is -2.27. The van der Waals surface area contributed by atoms with Crippen LogP contribution in [0.1, 0.15) is 13.8 Å². The van der Waals surface area contributed by atoms with Crippen LogP contribution in [0.25, 0.3) is 0 Å². The van der Waals surface area contributed by atoms with E-state index in [0.29, 0.717) is 5.75 Å². The highest BCUT2D eigenvalue weighted by Gasteiger charge is 2.13. The Kier molecular flexibility index (Phi) is 6.69. The van der Waals surface area contributed by atoms with Gasteiger partial charge in [-0.05, 0) is 74.5 Å². The molecule has 3 rings (SSSR count). The molecule has 4 heteroatoms. The van der Waals surface area contributed by atoms with Crippen molar-refractivity contribution in [3.05, 3.63) is 98.1 Å². The van der Waals surface area contributed by atoms with Crippen LogP contribution in [0.3, 0.4) is 0 Å². The zero-order chi connectivity index (χ0) is 20.6. The molecule has 3 aromatic rings. The molecule has 0 aliphatic heterocycles. The largest absolute Gasteiger partial charge is 0.423 e. The van der Waals surface area contributed by atoms with Crippen molar-refractivity contribution in [2.75, 3.05) is 16.3 Å². The summed E-state index contributed by atoms with van der Waals surface area (Å²) in [7, 11) is 0. The van der Waals surface area contributed by atoms with Crippen molar-refractivity contribution in [3.63, 3.8) is 0 Å². The molecule has 0 N–H and O–H groups in total. The van der Waals surface area contributed by atoms with E-state index in [4.69, 9.17) is 4.74 Å². The minimum atomic E-state index is -0.471. The lowest BCUT2D eigenvalue weighted by Crippen LogP contribution is -2.17. The zero-order valence-corrected chi connectivity index (χ0v) is 16.8. The maximum atomic E-state index is 11.4. The molecule has 3 aromatic carbocycles. The van der Waals surface area contributed by atoms with Gasteiger partial charge in [0.15, 0.2) is 0 Å². The third kappa shape index (κ3) is 4.85. The highest BCUT2D eigenvalue weighted by molar-refractivity contribution is 5.83. The quantitative estimate of drug-likeness (QED) is 0.260. The molecule has 0 fully saturated rings. The van der Waals surface area contributed by atoms with Gasteiger partial charge in [-0.1, -0.05) is 24.8 Å². The molecule has 0 aromatic heterocycles. The highest BCUT2D eigenvalue weighted by Crippen LogP contribution is 2.36. The van der Waals surface area contributed by atoms with Crippen LogP contribution in [0.5, 0.6) is 5.75 Å². The predicted molar refractivity (Wildman–Crippen MR) is 120 cm³/mol. The summed E-state index contributed by atoms with van der Waals surface area (Å²) in [6.07, 6.45) is 1.15. The molecule has 0 saturated heterocycles. The van der Waals surface area contributed by atoms with Gasteiger partial charge in [-0.25, -0.2) is 4.79 Å². The van der Waals surface area contributed by atoms with E-state index >= 15 is 0 Å². The number of esters is 1. The van der Waals surface area contributed by atoms with Crippen LogP contribution >= 0.6 is 0 Å². The first-order valence-electron chi connectivity index (χ1n) is 9.62. The number of nitrogens with zero attached hydrogens (tertiary/aromatic N) is 2. The molecule has 0 aliphatic carbocycles. The van der Waals surface area contributed by atoms with Crippen molar-refractivity contribution in [1.82, 2.24) is 0 Å². The summed E-state index contributed by atoms with van der Waals surface area (Å²) in [5.74, 6) is 0.0144. The van der Waals surface area contributed by atoms with Gasteiger partial charge in [-0.3, -0.25) is 0 Å². The fraction of sp³-hybridized carbons (Fsp3) is 0.120. The molecule has 1 radical (unpaired) electrons. The van der Waals surface area contributed by atoms with Crippen molar-refractivity contribution >= 4 is 28.7 Å². The molecular weight excluding hydrogens is 360 g/mol. The Morgan fingerprint density at radius 3 is 1.90 bits per heavy atom. The highest BCUT2D eigenvalue weighted by atomic mass is 16.5. The van der Waals surface area contributed by atoms with Gasteiger partial charge < -0.3 is 14.5 Å². The van der Waals surface area contributed by atoms with Gasteiger partial charge in [-0.2, -0.15) is 0 Å². The van der Waals surface area contributed by atoms with Crippen LogP contribution < -0.4 is 14.5 Å². The van der Waals surface area contributed by atoms with Crippen LogP contribution in [-0.4, -0.2) is 12.5 Å². The Hall–Kier alpha value is -3.53. The maximum Gasteiger partial charge on any atom is 0.335 e. The first-order chi connectivity index (χ1) is 14.2. The van der Waals surface area contributed by atoms with E-state index in [1.165, 1.54) is 0 Å². The summed E-state index contributed by atoms with van der Waals surface area (Å²) in [6.45, 7) is 10.6. The second-order valence-corrected chi connectivity index (χ2v) is 6.35. The summed E-state index contributed by atoms with van der Waals surface area (Å²) >= 11 is 0. The van der Waals surface area contributed by atoms with Crippen LogP contribution in [0.2, 0.25) is 0 Å². The Morgan fingerprint density at radius 1 is 0.862 bits per heavy atom. The summed E-state index contributed by atoms with van der Waals surface area (Å²) in [4.78, 5) is 15.8. The molecule has 4 nitrogen and oxygen atoms in total. The van der Waals surface area contributed by atoms with E-state index in [9.17, 15) is 4.79 Å². The van der Waals surface area contributed by atoms with E-state index < -0.39 is 5.97 Å². The number of carbonyl (C=O) groups is 1. The van der Waals surface area contributed by atoms with Crippen molar-refractivity contribution in [2.24, 2.45) is 0 Å². The SMILES string of the molecule is C=CC(=O)Oc1ccc(N(c2ccccc2)c2ccc(N([CH]C)CC)cc2)cc1. The summed E-state index contributed by atoms with van der Waals surface area (Å²) < 4.78 is 5.19. The third-order valence-electron chi connectivity index (χ3n) is 4.59. The number of benzene rings is 3. The molecule has 0 unspecified atom stereocenters. The number of hydrogen-bond acceptors (Lipinski definition) is 4. The van der Waals surface area contributed by atoms with Gasteiger partial charge in [0.05, 0.1) is 0 Å². The average molecular weight is 385 g/mol. The molecule has 0 heterocycles. The Morgan fingerprint density at radius 2 is 1.38 bits per heavy atom. The fourth-order valence-corrected chi connectivity index (χ4v) is 3.15. The van der Waals surface area contributed by atoms with Crippen molar-refractivity contribution < 1.29 is 9.53 Å². The van der Waals surface area contributed by atoms with E-state index in [1.54, 1.807) is 12.1 Å². The minimum Gasteiger partial charge on any atom is -0.423 e. The molecule has 147 valence electrons. The standard InChI is InChI=1S/C25H25N2O2/c1-4-25(28)29-24-18-16-23(17-19-24)27(21-10-8-7-9-11-21)22-14-12-20(13-15-22)26(5-2)6-3/h4-5,7-19H,1,6H2,2-3H3. The fourth-order valence-electron chi connectivity index (χ4n) is 3.15. The molecule has 0 spiro atoms. The lowest BCUT2D eigenvalue weighted by molar-refractivity contribution is -0.128. The van der Waals surface area contributed by atoms with E-state index in [0.717, 1.165) is 35.4 Å². The minimum absolute atomic E-state index is 0.471. The first-order valence-corrected chi connectivity index (χ1v) is 9.62. The van der Waals surface area contributed by atoms with Crippen LogP contribution in [0.4, 0.5) is 22.7 Å². The Balaban J connectivity index is 1.96. The average Bonchev–Trinajstić information content (AvgIpc) is 2.77. The van der Waals surface area contributed by atoms with Gasteiger partial charge in [0.2, 0.25) is 0 Å². The van der Waals surface area contributed by atoms with Gasteiger partial charge in [0.25, 0.3) is 0 Å². The predicted octanol–water partition coefficient (Wildman–Crippen LogP) is 6.26. The smallest absolute Gasteiger partial charge is 0.335 e. The first kappa shape index (κ1) is 20.2. The third-order valence-corrected chi connectivity index (χ3v) is 4.59. The zero-order valence-electron chi connectivity index (χ0n) is 16.8. The van der Waals surface area contributed by atoms with Crippen molar-refractivity contribution in [2.45, 2.75) is 13.8 Å². The summed E-state index contributed by atoms with van der Waals surface area (Å²) in [5.41, 5.74) is 4.21. The van der Waals surface area contributed by atoms with Crippen molar-refractivity contribution in [3.8, 4) is 5.75 Å². The molecule has 0 saturated carbocycles. The molecule has 0 atom stereocenters. The second kappa shape index (κ2) is 9.60. The second-order valence-electron chi connectivity index (χ2n) is 6.35. The Labute approximate surface area is 172 Å². The van der Waals surface area contributed by atoms with Gasteiger partial charge >= 0.3 is 5.97 Å². The summed E-state index contributed by atoms with van der Waals surface area (Å²) in [5, 5.41) is 0. The number of carbonyl (C=O) groups excluding carboxylic acids is 1. The maximum absolute atomic E-state index is 11.4. The lowest BCUT2D eigenvalue weighted by atomic mass is 10.1. The monoisotopic (exact) mass is 385 g/mol. The molecular formula is C25H25N2O2. The van der Waals surface area contributed by atoms with Crippen LogP contribution in [0, 0.1) is 6.54 Å². The van der Waals surface area contributed by atoms with Crippen molar-refractivity contribution in [1.29, 1.82) is 0 Å². The molecule has 0 bridgehead atoms. The number of rotatable bonds is 8. The van der Waals surface area contributed by atoms with E-state index in [1.807, 2.05) is 37.3 Å². The van der Waals surface area contributed by atoms with Gasteiger partial charge in [0, 0.05) is 41.9 Å². The number of hydrogen-bond donors (Lipinski definition) is 0. The molecule has 0 aliphatic rings. The molecule has 0 amide bonds. The topological polar surface area (TPSA) is 32.8 Å². The number of anilines is 4. The van der Waals surface area contributed by atoms with Crippen LogP contribution in [0.15, 0.2) is 91.5 Å². The Bertz CT molecular complexity index is 931. The van der Waals surface area contributed by atoms with Crippen LogP contribution in [-0.2, 0) is 4.79 Å².